The van der Waals surface area contributed by atoms with Crippen LogP contribution in [-0.2, 0) is 16.6 Å². The summed E-state index contributed by atoms with van der Waals surface area (Å²) in [6, 6.07) is 25.4. The molecule has 2 atom stereocenters. The molecule has 0 spiro atoms. The summed E-state index contributed by atoms with van der Waals surface area (Å²) < 4.78 is 1.98. The van der Waals surface area contributed by atoms with Crippen LogP contribution in [0, 0.1) is 0 Å². The number of amides is 2. The Morgan fingerprint density at radius 2 is 1.62 bits per heavy atom. The Bertz CT molecular complexity index is 1380. The van der Waals surface area contributed by atoms with Crippen molar-refractivity contribution in [2.75, 3.05) is 5.01 Å². The Labute approximate surface area is 196 Å². The number of rotatable bonds is 5. The molecule has 1 aliphatic heterocycles. The SMILES string of the molecule is CC1N=C(C(=O)NC(c2ccccc2)c2nc3ccccc3n2C)NN(c2ccccc2)C1=O. The predicted octanol–water partition coefficient (Wildman–Crippen LogP) is 3.12. The standard InChI is InChI=1S/C26H24N6O2/c1-17-26(34)32(19-13-7-4-8-14-19)30-23(27-17)25(33)29-22(18-11-5-3-6-12-18)24-28-20-15-9-10-16-21(20)31(24)2/h3-17,22H,1-2H3,(H,27,30)(H,29,33). The van der Waals surface area contributed by atoms with E-state index in [2.05, 4.69) is 15.7 Å². The maximum absolute atomic E-state index is 13.4. The van der Waals surface area contributed by atoms with Gasteiger partial charge >= 0.3 is 0 Å². The van der Waals surface area contributed by atoms with Crippen LogP contribution in [0.25, 0.3) is 11.0 Å². The number of para-hydroxylation sites is 3. The van der Waals surface area contributed by atoms with Gasteiger partial charge in [-0.05, 0) is 36.8 Å². The Morgan fingerprint density at radius 1 is 0.971 bits per heavy atom. The number of hydrazine groups is 1. The third kappa shape index (κ3) is 3.90. The van der Waals surface area contributed by atoms with Crippen molar-refractivity contribution in [3.8, 4) is 0 Å². The number of hydrogen-bond acceptors (Lipinski definition) is 5. The van der Waals surface area contributed by atoms with Crippen LogP contribution in [0.2, 0.25) is 0 Å². The average molecular weight is 453 g/mol. The zero-order valence-corrected chi connectivity index (χ0v) is 18.8. The molecular formula is C26H24N6O2. The van der Waals surface area contributed by atoms with Gasteiger partial charge in [-0.3, -0.25) is 15.0 Å². The van der Waals surface area contributed by atoms with Gasteiger partial charge in [-0.15, -0.1) is 0 Å². The first-order valence-corrected chi connectivity index (χ1v) is 11.0. The molecule has 2 unspecified atom stereocenters. The summed E-state index contributed by atoms with van der Waals surface area (Å²) >= 11 is 0. The molecule has 0 saturated carbocycles. The molecule has 0 bridgehead atoms. The Hall–Kier alpha value is -4.46. The zero-order chi connectivity index (χ0) is 23.7. The number of aliphatic imine (C=N–C) groups is 1. The van der Waals surface area contributed by atoms with E-state index in [4.69, 9.17) is 4.98 Å². The summed E-state index contributed by atoms with van der Waals surface area (Å²) in [5.74, 6) is 0.0933. The molecule has 1 aliphatic rings. The number of hydrogen-bond donors (Lipinski definition) is 2. The molecule has 0 aliphatic carbocycles. The lowest BCUT2D eigenvalue weighted by Gasteiger charge is -2.31. The van der Waals surface area contributed by atoms with Gasteiger partial charge in [0.1, 0.15) is 17.9 Å². The van der Waals surface area contributed by atoms with Crippen LogP contribution < -0.4 is 15.8 Å². The van der Waals surface area contributed by atoms with Gasteiger partial charge in [-0.25, -0.2) is 15.0 Å². The summed E-state index contributed by atoms with van der Waals surface area (Å²) in [5, 5.41) is 4.44. The van der Waals surface area contributed by atoms with Gasteiger partial charge in [0, 0.05) is 7.05 Å². The van der Waals surface area contributed by atoms with Crippen LogP contribution in [0.1, 0.15) is 24.4 Å². The van der Waals surface area contributed by atoms with Crippen LogP contribution in [0.15, 0.2) is 89.9 Å². The fourth-order valence-corrected chi connectivity index (χ4v) is 4.07. The number of amidine groups is 1. The van der Waals surface area contributed by atoms with Gasteiger partial charge in [-0.1, -0.05) is 60.7 Å². The fourth-order valence-electron chi connectivity index (χ4n) is 4.07. The predicted molar refractivity (Wildman–Crippen MR) is 131 cm³/mol. The molecule has 0 saturated heterocycles. The van der Waals surface area contributed by atoms with Gasteiger partial charge in [0.05, 0.1) is 16.7 Å². The molecule has 8 nitrogen and oxygen atoms in total. The first-order valence-electron chi connectivity index (χ1n) is 11.0. The average Bonchev–Trinajstić information content (AvgIpc) is 3.21. The zero-order valence-electron chi connectivity index (χ0n) is 18.8. The highest BCUT2D eigenvalue weighted by Crippen LogP contribution is 2.25. The van der Waals surface area contributed by atoms with Crippen LogP contribution in [0.3, 0.4) is 0 Å². The summed E-state index contributed by atoms with van der Waals surface area (Å²) in [6.07, 6.45) is 0. The minimum atomic E-state index is -0.701. The minimum Gasteiger partial charge on any atom is -0.335 e. The molecule has 3 aromatic carbocycles. The van der Waals surface area contributed by atoms with E-state index in [9.17, 15) is 9.59 Å². The van der Waals surface area contributed by atoms with E-state index in [1.165, 1.54) is 5.01 Å². The van der Waals surface area contributed by atoms with E-state index < -0.39 is 18.0 Å². The molecule has 2 amide bonds. The lowest BCUT2D eigenvalue weighted by atomic mass is 10.1. The molecule has 8 heteroatoms. The highest BCUT2D eigenvalue weighted by molar-refractivity contribution is 6.39. The van der Waals surface area contributed by atoms with Crippen LogP contribution in [0.5, 0.6) is 0 Å². The third-order valence-electron chi connectivity index (χ3n) is 5.84. The highest BCUT2D eigenvalue weighted by Gasteiger charge is 2.32. The van der Waals surface area contributed by atoms with Crippen molar-refractivity contribution in [2.45, 2.75) is 19.0 Å². The van der Waals surface area contributed by atoms with Crippen molar-refractivity contribution in [3.63, 3.8) is 0 Å². The normalized spacial score (nSPS) is 16.6. The van der Waals surface area contributed by atoms with Gasteiger partial charge < -0.3 is 9.88 Å². The molecule has 2 heterocycles. The number of aryl methyl sites for hydroxylation is 1. The summed E-state index contributed by atoms with van der Waals surface area (Å²) in [4.78, 5) is 35.3. The van der Waals surface area contributed by atoms with Crippen LogP contribution in [0.4, 0.5) is 5.69 Å². The van der Waals surface area contributed by atoms with Crippen molar-refractivity contribution >= 4 is 34.4 Å². The number of fused-ring (bicyclic) bond motifs is 1. The van der Waals surface area contributed by atoms with E-state index in [0.717, 1.165) is 16.6 Å². The van der Waals surface area contributed by atoms with Crippen molar-refractivity contribution in [3.05, 3.63) is 96.3 Å². The summed E-state index contributed by atoms with van der Waals surface area (Å²) in [7, 11) is 1.93. The lowest BCUT2D eigenvalue weighted by molar-refractivity contribution is -0.120. The van der Waals surface area contributed by atoms with Crippen LogP contribution in [-0.4, -0.2) is 33.2 Å². The molecule has 170 valence electrons. The van der Waals surface area contributed by atoms with Crippen molar-refractivity contribution in [1.82, 2.24) is 20.3 Å². The largest absolute Gasteiger partial charge is 0.335 e. The second-order valence-electron chi connectivity index (χ2n) is 8.11. The maximum atomic E-state index is 13.4. The quantitative estimate of drug-likeness (QED) is 0.487. The highest BCUT2D eigenvalue weighted by atomic mass is 16.2. The summed E-state index contributed by atoms with van der Waals surface area (Å²) in [5.41, 5.74) is 6.22. The van der Waals surface area contributed by atoms with Crippen LogP contribution >= 0.6 is 0 Å². The van der Waals surface area contributed by atoms with Crippen molar-refractivity contribution in [2.24, 2.45) is 12.0 Å². The molecule has 4 aromatic rings. The first kappa shape index (κ1) is 21.4. The number of anilines is 1. The fraction of sp³-hybridized carbons (Fsp3) is 0.154. The third-order valence-corrected chi connectivity index (χ3v) is 5.84. The van der Waals surface area contributed by atoms with E-state index >= 15 is 0 Å². The number of benzene rings is 3. The second-order valence-corrected chi connectivity index (χ2v) is 8.11. The number of carbonyl (C=O) groups is 2. The lowest BCUT2D eigenvalue weighted by Crippen LogP contribution is -2.58. The van der Waals surface area contributed by atoms with E-state index in [1.807, 2.05) is 84.4 Å². The van der Waals surface area contributed by atoms with Gasteiger partial charge in [-0.2, -0.15) is 0 Å². The molecule has 1 aromatic heterocycles. The first-order chi connectivity index (χ1) is 16.5. The Kier molecular flexibility index (Phi) is 5.55. The Balaban J connectivity index is 1.49. The molecule has 5 rings (SSSR count). The number of nitrogens with zero attached hydrogens (tertiary/aromatic N) is 4. The van der Waals surface area contributed by atoms with E-state index in [0.29, 0.717) is 11.5 Å². The number of nitrogens with one attached hydrogen (secondary N) is 2. The van der Waals surface area contributed by atoms with E-state index in [1.54, 1.807) is 19.1 Å². The number of aromatic nitrogens is 2. The van der Waals surface area contributed by atoms with Gasteiger partial charge in [0.15, 0.2) is 0 Å². The maximum Gasteiger partial charge on any atom is 0.289 e. The van der Waals surface area contributed by atoms with E-state index in [-0.39, 0.29) is 11.7 Å². The van der Waals surface area contributed by atoms with Crippen molar-refractivity contribution in [1.29, 1.82) is 0 Å². The monoisotopic (exact) mass is 452 g/mol. The van der Waals surface area contributed by atoms with Crippen molar-refractivity contribution < 1.29 is 9.59 Å². The number of imidazole rings is 1. The molecular weight excluding hydrogens is 428 g/mol. The smallest absolute Gasteiger partial charge is 0.289 e. The number of carbonyl (C=O) groups excluding carboxylic acids is 2. The van der Waals surface area contributed by atoms with Gasteiger partial charge in [0.25, 0.3) is 11.8 Å². The minimum absolute atomic E-state index is 0.0654. The molecule has 0 radical (unpaired) electrons. The molecule has 34 heavy (non-hydrogen) atoms. The Morgan fingerprint density at radius 3 is 2.32 bits per heavy atom. The van der Waals surface area contributed by atoms with Gasteiger partial charge in [0.2, 0.25) is 5.84 Å². The molecule has 2 N–H and O–H groups in total. The topological polar surface area (TPSA) is 91.6 Å². The second kappa shape index (κ2) is 8.82. The summed E-state index contributed by atoms with van der Waals surface area (Å²) in [6.45, 7) is 1.67. The molecule has 0 fully saturated rings.